The van der Waals surface area contributed by atoms with Crippen molar-refractivity contribution in [2.75, 3.05) is 0 Å². The molecule has 0 radical (unpaired) electrons. The van der Waals surface area contributed by atoms with Crippen LogP contribution in [0.3, 0.4) is 0 Å². The molecule has 4 aromatic rings. The summed E-state index contributed by atoms with van der Waals surface area (Å²) in [6.45, 7) is 0. The molecule has 0 atom stereocenters. The van der Waals surface area contributed by atoms with Gasteiger partial charge in [0, 0.05) is 23.7 Å². The van der Waals surface area contributed by atoms with E-state index in [1.54, 1.807) is 29.0 Å². The number of thiophene rings is 2. The summed E-state index contributed by atoms with van der Waals surface area (Å²) in [4.78, 5) is 10.9. The van der Waals surface area contributed by atoms with Crippen LogP contribution in [0.1, 0.15) is 10.7 Å². The van der Waals surface area contributed by atoms with Gasteiger partial charge in [0.1, 0.15) is 22.0 Å². The molecule has 0 aromatic carbocycles. The summed E-state index contributed by atoms with van der Waals surface area (Å²) in [5, 5.41) is 15.6. The van der Waals surface area contributed by atoms with E-state index < -0.39 is 0 Å². The van der Waals surface area contributed by atoms with Gasteiger partial charge in [0.15, 0.2) is 5.16 Å². The number of fused-ring (bicyclic) bond motifs is 1. The molecule has 0 fully saturated rings. The Morgan fingerprint density at radius 2 is 2.09 bits per heavy atom. The van der Waals surface area contributed by atoms with Gasteiger partial charge in [0.05, 0.1) is 0 Å². The van der Waals surface area contributed by atoms with E-state index in [0.29, 0.717) is 0 Å². The van der Waals surface area contributed by atoms with Gasteiger partial charge in [-0.05, 0) is 34.7 Å². The molecule has 0 unspecified atom stereocenters. The van der Waals surface area contributed by atoms with E-state index in [9.17, 15) is 0 Å². The predicted octanol–water partition coefficient (Wildman–Crippen LogP) is 3.62. The van der Waals surface area contributed by atoms with E-state index in [1.165, 1.54) is 16.6 Å². The van der Waals surface area contributed by atoms with Crippen LogP contribution in [0.15, 0.2) is 45.5 Å². The van der Waals surface area contributed by atoms with Gasteiger partial charge in [0.25, 0.3) is 0 Å². The van der Waals surface area contributed by atoms with E-state index in [2.05, 4.69) is 37.7 Å². The van der Waals surface area contributed by atoms with E-state index >= 15 is 0 Å². The number of hydrogen-bond donors (Lipinski definition) is 0. The minimum Gasteiger partial charge on any atom is -0.309 e. The molecule has 22 heavy (non-hydrogen) atoms. The van der Waals surface area contributed by atoms with Gasteiger partial charge in [0.2, 0.25) is 0 Å². The van der Waals surface area contributed by atoms with Crippen molar-refractivity contribution < 1.29 is 0 Å². The molecule has 0 bridgehead atoms. The zero-order chi connectivity index (χ0) is 14.9. The fourth-order valence-corrected chi connectivity index (χ4v) is 4.46. The molecule has 0 N–H and O–H groups in total. The number of nitrogens with zero attached hydrogens (tertiary/aromatic N) is 5. The highest BCUT2D eigenvalue weighted by Crippen LogP contribution is 2.32. The van der Waals surface area contributed by atoms with Crippen LogP contribution in [-0.2, 0) is 13.5 Å². The summed E-state index contributed by atoms with van der Waals surface area (Å²) >= 11 is 4.88. The van der Waals surface area contributed by atoms with Gasteiger partial charge in [-0.25, -0.2) is 9.97 Å². The summed E-state index contributed by atoms with van der Waals surface area (Å²) in [5.41, 5.74) is 0. The van der Waals surface area contributed by atoms with Crippen molar-refractivity contribution in [1.29, 1.82) is 0 Å². The first-order valence-electron chi connectivity index (χ1n) is 6.58. The third kappa shape index (κ3) is 2.53. The second-order valence-electron chi connectivity index (χ2n) is 4.63. The third-order valence-corrected chi connectivity index (χ3v) is 6.00. The molecular weight excluding hydrogens is 334 g/mol. The lowest BCUT2D eigenvalue weighted by Gasteiger charge is -2.03. The summed E-state index contributed by atoms with van der Waals surface area (Å²) in [5.74, 6) is 0.959. The van der Waals surface area contributed by atoms with E-state index in [-0.39, 0.29) is 0 Å². The van der Waals surface area contributed by atoms with Crippen molar-refractivity contribution in [1.82, 2.24) is 24.7 Å². The molecule has 0 aliphatic rings. The maximum absolute atomic E-state index is 4.38. The van der Waals surface area contributed by atoms with Crippen LogP contribution in [0.25, 0.3) is 10.2 Å². The van der Waals surface area contributed by atoms with Crippen LogP contribution in [0.5, 0.6) is 0 Å². The van der Waals surface area contributed by atoms with Gasteiger partial charge >= 0.3 is 0 Å². The molecule has 0 aliphatic heterocycles. The molecule has 0 spiro atoms. The highest BCUT2D eigenvalue weighted by atomic mass is 32.2. The molecular formula is C14H11N5S3. The average Bonchev–Trinajstić information content (AvgIpc) is 3.25. The molecule has 0 amide bonds. The molecule has 110 valence electrons. The first kappa shape index (κ1) is 13.9. The Labute approximate surface area is 139 Å². The van der Waals surface area contributed by atoms with Crippen LogP contribution in [-0.4, -0.2) is 24.7 Å². The van der Waals surface area contributed by atoms with Gasteiger partial charge < -0.3 is 4.57 Å². The molecule has 0 saturated heterocycles. The van der Waals surface area contributed by atoms with Crippen molar-refractivity contribution in [2.24, 2.45) is 7.05 Å². The Bertz CT molecular complexity index is 910. The smallest absolute Gasteiger partial charge is 0.197 e. The number of hydrogen-bond acceptors (Lipinski definition) is 7. The predicted molar refractivity (Wildman–Crippen MR) is 89.7 cm³/mol. The highest BCUT2D eigenvalue weighted by molar-refractivity contribution is 7.99. The first-order valence-corrected chi connectivity index (χ1v) is 9.15. The van der Waals surface area contributed by atoms with Crippen molar-refractivity contribution >= 4 is 44.7 Å². The Morgan fingerprint density at radius 1 is 1.14 bits per heavy atom. The molecule has 4 rings (SSSR count). The normalized spacial score (nSPS) is 11.3. The molecule has 4 aromatic heterocycles. The molecule has 8 heteroatoms. The van der Waals surface area contributed by atoms with Crippen molar-refractivity contribution in [2.45, 2.75) is 16.6 Å². The van der Waals surface area contributed by atoms with Crippen LogP contribution in [0.2, 0.25) is 0 Å². The van der Waals surface area contributed by atoms with Crippen LogP contribution >= 0.6 is 34.4 Å². The van der Waals surface area contributed by atoms with E-state index in [0.717, 1.165) is 32.6 Å². The van der Waals surface area contributed by atoms with Crippen LogP contribution in [0.4, 0.5) is 0 Å². The third-order valence-electron chi connectivity index (χ3n) is 3.25. The maximum atomic E-state index is 4.38. The van der Waals surface area contributed by atoms with Gasteiger partial charge in [-0.1, -0.05) is 6.07 Å². The van der Waals surface area contributed by atoms with Gasteiger partial charge in [-0.15, -0.1) is 32.9 Å². The minimum absolute atomic E-state index is 0.805. The zero-order valence-corrected chi connectivity index (χ0v) is 14.1. The van der Waals surface area contributed by atoms with Crippen molar-refractivity contribution in [3.63, 3.8) is 0 Å². The van der Waals surface area contributed by atoms with Gasteiger partial charge in [-0.2, -0.15) is 0 Å². The fourth-order valence-electron chi connectivity index (χ4n) is 2.09. The zero-order valence-electron chi connectivity index (χ0n) is 11.6. The molecule has 4 heterocycles. The van der Waals surface area contributed by atoms with Crippen molar-refractivity contribution in [3.05, 3.63) is 46.0 Å². The lowest BCUT2D eigenvalue weighted by Crippen LogP contribution is -1.99. The lowest BCUT2D eigenvalue weighted by molar-refractivity contribution is 0.750. The Balaban J connectivity index is 1.64. The standard InChI is InChI=1S/C14H11N5S3/c1-19-11(7-9-3-2-5-20-9)17-18-14(19)22-13-10-4-6-21-12(10)15-8-16-13/h2-6,8H,7H2,1H3. The van der Waals surface area contributed by atoms with Crippen LogP contribution < -0.4 is 0 Å². The Morgan fingerprint density at radius 3 is 2.95 bits per heavy atom. The summed E-state index contributed by atoms with van der Waals surface area (Å²) < 4.78 is 2.03. The van der Waals surface area contributed by atoms with E-state index in [4.69, 9.17) is 0 Å². The van der Waals surface area contributed by atoms with Gasteiger partial charge in [-0.3, -0.25) is 0 Å². The largest absolute Gasteiger partial charge is 0.309 e. The van der Waals surface area contributed by atoms with E-state index in [1.807, 2.05) is 23.1 Å². The SMILES string of the molecule is Cn1c(Cc2cccs2)nnc1Sc1ncnc2sccc12. The Hall–Kier alpha value is -1.77. The molecule has 5 nitrogen and oxygen atoms in total. The Kier molecular flexibility index (Phi) is 3.65. The number of rotatable bonds is 4. The summed E-state index contributed by atoms with van der Waals surface area (Å²) in [6.07, 6.45) is 2.41. The topological polar surface area (TPSA) is 56.5 Å². The minimum atomic E-state index is 0.805. The second-order valence-corrected chi connectivity index (χ2v) is 7.52. The lowest BCUT2D eigenvalue weighted by atomic mass is 10.3. The molecule has 0 saturated carbocycles. The quantitative estimate of drug-likeness (QED) is 0.529. The summed E-state index contributed by atoms with van der Waals surface area (Å²) in [6, 6.07) is 6.22. The fraction of sp³-hybridized carbons (Fsp3) is 0.143. The monoisotopic (exact) mass is 345 g/mol. The highest BCUT2D eigenvalue weighted by Gasteiger charge is 2.14. The average molecular weight is 345 g/mol. The van der Waals surface area contributed by atoms with Crippen LogP contribution in [0, 0.1) is 0 Å². The number of aromatic nitrogens is 5. The maximum Gasteiger partial charge on any atom is 0.197 e. The first-order chi connectivity index (χ1) is 10.8. The van der Waals surface area contributed by atoms with Crippen molar-refractivity contribution in [3.8, 4) is 0 Å². The molecule has 0 aliphatic carbocycles. The summed E-state index contributed by atoms with van der Waals surface area (Å²) in [7, 11) is 2.00. The second kappa shape index (κ2) is 5.79.